The first-order chi connectivity index (χ1) is 16.5. The van der Waals surface area contributed by atoms with Crippen molar-refractivity contribution in [3.63, 3.8) is 0 Å². The van der Waals surface area contributed by atoms with Gasteiger partial charge in [0.05, 0.1) is 5.60 Å². The monoisotopic (exact) mass is 490 g/mol. The number of alkyl halides is 2. The van der Waals surface area contributed by atoms with Gasteiger partial charge in [-0.1, -0.05) is 6.07 Å². The zero-order valence-electron chi connectivity index (χ0n) is 19.1. The van der Waals surface area contributed by atoms with E-state index in [1.54, 1.807) is 23.6 Å². The van der Waals surface area contributed by atoms with Crippen molar-refractivity contribution in [3.05, 3.63) is 47.9 Å². The molecule has 12 heteroatoms. The first kappa shape index (κ1) is 24.3. The van der Waals surface area contributed by atoms with Gasteiger partial charge in [0.2, 0.25) is 17.6 Å². The van der Waals surface area contributed by atoms with Crippen molar-refractivity contribution in [2.24, 2.45) is 0 Å². The van der Waals surface area contributed by atoms with Crippen LogP contribution in [-0.2, 0) is 4.79 Å². The lowest BCUT2D eigenvalue weighted by molar-refractivity contribution is -0.286. The standard InChI is InChI=1S/C23H24F2N4O6/c1-22(2,32)14-33-18-7-8-26-20(27-18)21(31)29-11-9-28(10-12-29)19(30)6-4-15-3-5-16-17(13-15)35-23(24,25)34-16/h3-8,13,32H,9-12,14H2,1-2H3/b6-4+. The summed E-state index contributed by atoms with van der Waals surface area (Å²) < 4.78 is 40.5. The minimum Gasteiger partial charge on any atom is -0.475 e. The van der Waals surface area contributed by atoms with Crippen LogP contribution < -0.4 is 14.2 Å². The zero-order valence-corrected chi connectivity index (χ0v) is 19.1. The highest BCUT2D eigenvalue weighted by Crippen LogP contribution is 2.41. The minimum atomic E-state index is -3.70. The van der Waals surface area contributed by atoms with Gasteiger partial charge in [-0.25, -0.2) is 4.98 Å². The number of nitrogens with zero attached hydrogens (tertiary/aromatic N) is 4. The van der Waals surface area contributed by atoms with Crippen molar-refractivity contribution in [1.82, 2.24) is 19.8 Å². The number of aromatic nitrogens is 2. The molecule has 1 aromatic heterocycles. The van der Waals surface area contributed by atoms with E-state index in [0.29, 0.717) is 18.7 Å². The number of carbonyl (C=O) groups excluding carboxylic acids is 2. The number of amides is 2. The Morgan fingerprint density at radius 2 is 1.83 bits per heavy atom. The van der Waals surface area contributed by atoms with Gasteiger partial charge in [0, 0.05) is 44.5 Å². The van der Waals surface area contributed by atoms with Gasteiger partial charge in [-0.2, -0.15) is 4.98 Å². The lowest BCUT2D eigenvalue weighted by atomic mass is 10.2. The van der Waals surface area contributed by atoms with E-state index in [4.69, 9.17) is 4.74 Å². The number of halogens is 2. The number of carbonyl (C=O) groups is 2. The van der Waals surface area contributed by atoms with Crippen LogP contribution in [0.4, 0.5) is 8.78 Å². The highest BCUT2D eigenvalue weighted by atomic mass is 19.3. The second-order valence-electron chi connectivity index (χ2n) is 8.64. The molecule has 2 amide bonds. The summed E-state index contributed by atoms with van der Waals surface area (Å²) in [5.74, 6) is -0.703. The van der Waals surface area contributed by atoms with Crippen molar-refractivity contribution in [2.45, 2.75) is 25.7 Å². The maximum Gasteiger partial charge on any atom is 0.586 e. The Morgan fingerprint density at radius 3 is 2.54 bits per heavy atom. The predicted octanol–water partition coefficient (Wildman–Crippen LogP) is 1.95. The van der Waals surface area contributed by atoms with E-state index in [-0.39, 0.29) is 48.8 Å². The summed E-state index contributed by atoms with van der Waals surface area (Å²) in [6, 6.07) is 5.73. The van der Waals surface area contributed by atoms with Crippen LogP contribution in [0, 0.1) is 0 Å². The molecule has 186 valence electrons. The SMILES string of the molecule is CC(C)(O)COc1ccnc(C(=O)N2CCN(C(=O)/C=C/c3ccc4c(c3)OC(F)(F)O4)CC2)n1. The molecule has 2 aliphatic rings. The molecule has 0 atom stereocenters. The number of aliphatic hydroxyl groups is 1. The van der Waals surface area contributed by atoms with E-state index in [1.807, 2.05) is 0 Å². The average Bonchev–Trinajstić information content (AvgIpc) is 3.13. The lowest BCUT2D eigenvalue weighted by Crippen LogP contribution is -2.50. The van der Waals surface area contributed by atoms with Gasteiger partial charge in [-0.05, 0) is 37.6 Å². The summed E-state index contributed by atoms with van der Waals surface area (Å²) in [5, 5.41) is 9.77. The fourth-order valence-corrected chi connectivity index (χ4v) is 3.39. The number of hydrogen-bond donors (Lipinski definition) is 1. The molecule has 1 aromatic carbocycles. The van der Waals surface area contributed by atoms with Crippen molar-refractivity contribution >= 4 is 17.9 Å². The van der Waals surface area contributed by atoms with Gasteiger partial charge in [-0.3, -0.25) is 9.59 Å². The quantitative estimate of drug-likeness (QED) is 0.612. The number of rotatable bonds is 6. The third-order valence-corrected chi connectivity index (χ3v) is 5.12. The molecule has 1 saturated heterocycles. The molecule has 3 heterocycles. The lowest BCUT2D eigenvalue weighted by Gasteiger charge is -2.33. The van der Waals surface area contributed by atoms with Gasteiger partial charge < -0.3 is 29.1 Å². The fraction of sp³-hybridized carbons (Fsp3) is 0.391. The average molecular weight is 490 g/mol. The number of hydrogen-bond acceptors (Lipinski definition) is 8. The van der Waals surface area contributed by atoms with Gasteiger partial charge in [0.15, 0.2) is 11.5 Å². The van der Waals surface area contributed by atoms with E-state index in [2.05, 4.69) is 19.4 Å². The van der Waals surface area contributed by atoms with Crippen LogP contribution in [-0.4, -0.2) is 81.4 Å². The molecule has 1 fully saturated rings. The van der Waals surface area contributed by atoms with Crippen LogP contribution in [0.3, 0.4) is 0 Å². The Labute approximate surface area is 199 Å². The molecular formula is C23H24F2N4O6. The molecule has 10 nitrogen and oxygen atoms in total. The second kappa shape index (κ2) is 9.45. The normalized spacial score (nSPS) is 17.1. The smallest absolute Gasteiger partial charge is 0.475 e. The highest BCUT2D eigenvalue weighted by molar-refractivity contribution is 5.93. The third-order valence-electron chi connectivity index (χ3n) is 5.12. The van der Waals surface area contributed by atoms with E-state index < -0.39 is 17.8 Å². The first-order valence-corrected chi connectivity index (χ1v) is 10.8. The summed E-state index contributed by atoms with van der Waals surface area (Å²) in [6.45, 7) is 4.36. The Kier molecular flexibility index (Phi) is 6.57. The molecule has 0 spiro atoms. The first-order valence-electron chi connectivity index (χ1n) is 10.8. The summed E-state index contributed by atoms with van der Waals surface area (Å²) in [5.41, 5.74) is -0.555. The molecule has 35 heavy (non-hydrogen) atoms. The van der Waals surface area contributed by atoms with Gasteiger partial charge in [0.25, 0.3) is 5.91 Å². The van der Waals surface area contributed by atoms with E-state index in [9.17, 15) is 23.5 Å². The maximum absolute atomic E-state index is 13.1. The molecule has 1 N–H and O–H groups in total. The molecule has 0 saturated carbocycles. The topological polar surface area (TPSA) is 114 Å². The van der Waals surface area contributed by atoms with E-state index in [1.165, 1.54) is 42.6 Å². The predicted molar refractivity (Wildman–Crippen MR) is 118 cm³/mol. The van der Waals surface area contributed by atoms with Crippen molar-refractivity contribution < 1.29 is 37.7 Å². The molecular weight excluding hydrogens is 466 g/mol. The van der Waals surface area contributed by atoms with Crippen LogP contribution in [0.5, 0.6) is 17.4 Å². The van der Waals surface area contributed by atoms with Crippen molar-refractivity contribution in [3.8, 4) is 17.4 Å². The largest absolute Gasteiger partial charge is 0.586 e. The highest BCUT2D eigenvalue weighted by Gasteiger charge is 2.43. The van der Waals surface area contributed by atoms with Crippen molar-refractivity contribution in [1.29, 1.82) is 0 Å². The number of ether oxygens (including phenoxy) is 3. The van der Waals surface area contributed by atoms with Crippen LogP contribution in [0.25, 0.3) is 6.08 Å². The Morgan fingerprint density at radius 1 is 1.14 bits per heavy atom. The number of benzene rings is 1. The molecule has 4 rings (SSSR count). The summed E-state index contributed by atoms with van der Waals surface area (Å²) in [6.07, 6.45) is 0.530. The van der Waals surface area contributed by atoms with Crippen LogP contribution >= 0.6 is 0 Å². The zero-order chi connectivity index (χ0) is 25.2. The number of piperazine rings is 1. The Hall–Kier alpha value is -3.80. The summed E-state index contributed by atoms with van der Waals surface area (Å²) in [4.78, 5) is 36.6. The minimum absolute atomic E-state index is 0.00465. The second-order valence-corrected chi connectivity index (χ2v) is 8.64. The van der Waals surface area contributed by atoms with Crippen LogP contribution in [0.2, 0.25) is 0 Å². The van der Waals surface area contributed by atoms with E-state index in [0.717, 1.165) is 0 Å². The fourth-order valence-electron chi connectivity index (χ4n) is 3.39. The van der Waals surface area contributed by atoms with Crippen LogP contribution in [0.1, 0.15) is 30.0 Å². The van der Waals surface area contributed by atoms with Crippen LogP contribution in [0.15, 0.2) is 36.5 Å². The molecule has 2 aliphatic heterocycles. The van der Waals surface area contributed by atoms with Gasteiger partial charge >= 0.3 is 6.29 Å². The molecule has 0 aliphatic carbocycles. The van der Waals surface area contributed by atoms with E-state index >= 15 is 0 Å². The maximum atomic E-state index is 13.1. The molecule has 0 radical (unpaired) electrons. The summed E-state index contributed by atoms with van der Waals surface area (Å²) in [7, 11) is 0. The van der Waals surface area contributed by atoms with Gasteiger partial charge in [0.1, 0.15) is 6.61 Å². The Balaban J connectivity index is 1.30. The molecule has 2 aromatic rings. The molecule has 0 bridgehead atoms. The van der Waals surface area contributed by atoms with Gasteiger partial charge in [-0.15, -0.1) is 8.78 Å². The number of fused-ring (bicyclic) bond motifs is 1. The third kappa shape index (κ3) is 6.21. The summed E-state index contributed by atoms with van der Waals surface area (Å²) >= 11 is 0. The molecule has 0 unspecified atom stereocenters. The Bertz CT molecular complexity index is 1140. The van der Waals surface area contributed by atoms with Crippen molar-refractivity contribution in [2.75, 3.05) is 32.8 Å².